The summed E-state index contributed by atoms with van der Waals surface area (Å²) in [7, 11) is 0. The summed E-state index contributed by atoms with van der Waals surface area (Å²) in [6.45, 7) is 6.80. The highest BCUT2D eigenvalue weighted by atomic mass is 19.4. The number of anilines is 2. The topological polar surface area (TPSA) is 104 Å². The third-order valence-electron chi connectivity index (χ3n) is 5.83. The molecule has 1 atom stereocenters. The van der Waals surface area contributed by atoms with Gasteiger partial charge in [0, 0.05) is 52.7 Å². The summed E-state index contributed by atoms with van der Waals surface area (Å²) in [4.78, 5) is 22.9. The molecule has 182 valence electrons. The molecular formula is C23H27F3N6O2. The molecule has 0 aliphatic carbocycles. The minimum absolute atomic E-state index is 0.0112. The van der Waals surface area contributed by atoms with Crippen LogP contribution in [0, 0.1) is 0 Å². The summed E-state index contributed by atoms with van der Waals surface area (Å²) < 4.78 is 46.3. The van der Waals surface area contributed by atoms with Gasteiger partial charge < -0.3 is 20.4 Å². The molecule has 4 rings (SSSR count). The number of ether oxygens (including phenoxy) is 1. The number of hydrogen-bond acceptors (Lipinski definition) is 6. The number of amides is 1. The Hall–Kier alpha value is -3.34. The van der Waals surface area contributed by atoms with Crippen LogP contribution in [0.2, 0.25) is 0 Å². The Morgan fingerprint density at radius 2 is 2.12 bits per heavy atom. The molecular weight excluding hydrogens is 449 g/mol. The Bertz CT molecular complexity index is 1180. The number of nitrogens with zero attached hydrogens (tertiary/aromatic N) is 2. The van der Waals surface area contributed by atoms with Crippen LogP contribution in [0.1, 0.15) is 39.2 Å². The van der Waals surface area contributed by atoms with E-state index in [2.05, 4.69) is 44.7 Å². The van der Waals surface area contributed by atoms with Gasteiger partial charge in [-0.25, -0.2) is 14.8 Å². The molecule has 0 spiro atoms. The molecule has 4 N–H and O–H groups in total. The summed E-state index contributed by atoms with van der Waals surface area (Å²) in [5, 5.41) is 9.69. The molecule has 0 saturated carbocycles. The summed E-state index contributed by atoms with van der Waals surface area (Å²) in [5.74, 6) is 0.143. The van der Waals surface area contributed by atoms with E-state index in [-0.39, 0.29) is 29.8 Å². The van der Waals surface area contributed by atoms with Gasteiger partial charge >= 0.3 is 12.3 Å². The Morgan fingerprint density at radius 1 is 1.32 bits per heavy atom. The highest BCUT2D eigenvalue weighted by molar-refractivity contribution is 5.98. The summed E-state index contributed by atoms with van der Waals surface area (Å²) in [5.41, 5.74) is 0.174. The van der Waals surface area contributed by atoms with Crippen molar-refractivity contribution in [1.29, 1.82) is 0 Å². The van der Waals surface area contributed by atoms with E-state index in [9.17, 15) is 18.0 Å². The van der Waals surface area contributed by atoms with E-state index in [0.29, 0.717) is 28.7 Å². The molecule has 2 aromatic heterocycles. The van der Waals surface area contributed by atoms with Crippen LogP contribution in [0.4, 0.5) is 29.6 Å². The van der Waals surface area contributed by atoms with Gasteiger partial charge in [-0.1, -0.05) is 6.07 Å². The molecule has 0 bridgehead atoms. The molecule has 34 heavy (non-hydrogen) atoms. The fourth-order valence-electron chi connectivity index (χ4n) is 3.98. The van der Waals surface area contributed by atoms with E-state index in [0.717, 1.165) is 19.0 Å². The first-order chi connectivity index (χ1) is 16.1. The SMILES string of the molecule is CCOC(=O)Nc1ccc2c(-c3nc(N[C@H]4CCC(C)(C)NC4)ncc3C(F)(F)F)c[nH]c2c1. The molecule has 1 saturated heterocycles. The second-order valence-corrected chi connectivity index (χ2v) is 8.91. The Balaban J connectivity index is 1.66. The van der Waals surface area contributed by atoms with Gasteiger partial charge in [-0.05, 0) is 45.7 Å². The molecule has 3 aromatic rings. The number of aromatic nitrogens is 3. The number of aromatic amines is 1. The van der Waals surface area contributed by atoms with Gasteiger partial charge in [0.05, 0.1) is 12.3 Å². The fraction of sp³-hybridized carbons (Fsp3) is 0.435. The van der Waals surface area contributed by atoms with Crippen molar-refractivity contribution in [2.45, 2.75) is 51.4 Å². The number of nitrogens with one attached hydrogen (secondary N) is 4. The number of piperidine rings is 1. The van der Waals surface area contributed by atoms with Crippen LogP contribution >= 0.6 is 0 Å². The first-order valence-electron chi connectivity index (χ1n) is 11.1. The van der Waals surface area contributed by atoms with E-state index in [1.165, 1.54) is 6.20 Å². The average molecular weight is 477 g/mol. The largest absolute Gasteiger partial charge is 0.450 e. The van der Waals surface area contributed by atoms with E-state index < -0.39 is 17.8 Å². The lowest BCUT2D eigenvalue weighted by molar-refractivity contribution is -0.137. The third kappa shape index (κ3) is 5.24. The second kappa shape index (κ2) is 9.13. The van der Waals surface area contributed by atoms with Crippen molar-refractivity contribution in [2.24, 2.45) is 0 Å². The molecule has 1 aliphatic rings. The first-order valence-corrected chi connectivity index (χ1v) is 11.1. The molecule has 1 aromatic carbocycles. The molecule has 8 nitrogen and oxygen atoms in total. The Morgan fingerprint density at radius 3 is 2.79 bits per heavy atom. The number of rotatable bonds is 5. The number of alkyl halides is 3. The Labute approximate surface area is 194 Å². The number of hydrogen-bond donors (Lipinski definition) is 4. The van der Waals surface area contributed by atoms with Crippen LogP contribution in [-0.4, -0.2) is 45.8 Å². The number of benzene rings is 1. The van der Waals surface area contributed by atoms with Gasteiger partial charge in [0.25, 0.3) is 0 Å². The highest BCUT2D eigenvalue weighted by Gasteiger charge is 2.36. The maximum atomic E-state index is 13.8. The second-order valence-electron chi connectivity index (χ2n) is 8.91. The molecule has 11 heteroatoms. The maximum absolute atomic E-state index is 13.8. The van der Waals surface area contributed by atoms with E-state index in [1.54, 1.807) is 25.1 Å². The summed E-state index contributed by atoms with van der Waals surface area (Å²) in [6.07, 6.45) is -1.17. The number of carbonyl (C=O) groups is 1. The lowest BCUT2D eigenvalue weighted by Gasteiger charge is -2.36. The van der Waals surface area contributed by atoms with Crippen LogP contribution < -0.4 is 16.0 Å². The lowest BCUT2D eigenvalue weighted by Crippen LogP contribution is -2.50. The standard InChI is InChI=1S/C23H27F3N6O2/c1-4-34-21(33)31-13-5-6-15-16(11-27-18(15)9-13)19-17(23(24,25)26)12-28-20(32-19)30-14-7-8-22(2,3)29-10-14/h5-6,9,11-12,14,27,29H,4,7-8,10H2,1-3H3,(H,31,33)(H,28,30,32)/t14-/m0/s1. The monoisotopic (exact) mass is 476 g/mol. The first kappa shape index (κ1) is 23.8. The van der Waals surface area contributed by atoms with Crippen molar-refractivity contribution in [3.8, 4) is 11.3 Å². The van der Waals surface area contributed by atoms with Crippen molar-refractivity contribution in [2.75, 3.05) is 23.8 Å². The minimum Gasteiger partial charge on any atom is -0.450 e. The van der Waals surface area contributed by atoms with Crippen molar-refractivity contribution in [3.05, 3.63) is 36.2 Å². The number of halogens is 3. The highest BCUT2D eigenvalue weighted by Crippen LogP contribution is 2.39. The number of carbonyl (C=O) groups excluding carboxylic acids is 1. The third-order valence-corrected chi connectivity index (χ3v) is 5.83. The number of H-pyrrole nitrogens is 1. The molecule has 1 aliphatic heterocycles. The minimum atomic E-state index is -4.63. The lowest BCUT2D eigenvalue weighted by atomic mass is 9.91. The van der Waals surface area contributed by atoms with Crippen molar-refractivity contribution in [3.63, 3.8) is 0 Å². The van der Waals surface area contributed by atoms with Crippen molar-refractivity contribution >= 4 is 28.6 Å². The zero-order valence-electron chi connectivity index (χ0n) is 19.1. The van der Waals surface area contributed by atoms with Crippen LogP contribution in [0.15, 0.2) is 30.6 Å². The van der Waals surface area contributed by atoms with Gasteiger partial charge in [-0.15, -0.1) is 0 Å². The predicted molar refractivity (Wildman–Crippen MR) is 124 cm³/mol. The van der Waals surface area contributed by atoms with E-state index in [1.807, 2.05) is 0 Å². The predicted octanol–water partition coefficient (Wildman–Crippen LogP) is 5.15. The van der Waals surface area contributed by atoms with Crippen LogP contribution in [0.3, 0.4) is 0 Å². The molecule has 0 unspecified atom stereocenters. The zero-order valence-corrected chi connectivity index (χ0v) is 19.1. The van der Waals surface area contributed by atoms with Gasteiger partial charge in [0.2, 0.25) is 5.95 Å². The van der Waals surface area contributed by atoms with Crippen molar-refractivity contribution in [1.82, 2.24) is 20.3 Å². The van der Waals surface area contributed by atoms with Gasteiger partial charge in [-0.3, -0.25) is 5.32 Å². The molecule has 0 radical (unpaired) electrons. The summed E-state index contributed by atoms with van der Waals surface area (Å²) >= 11 is 0. The van der Waals surface area contributed by atoms with Gasteiger partial charge in [0.15, 0.2) is 0 Å². The van der Waals surface area contributed by atoms with Gasteiger partial charge in [-0.2, -0.15) is 13.2 Å². The average Bonchev–Trinajstić information content (AvgIpc) is 3.18. The van der Waals surface area contributed by atoms with Crippen LogP contribution in [-0.2, 0) is 10.9 Å². The van der Waals surface area contributed by atoms with Crippen LogP contribution in [0.5, 0.6) is 0 Å². The molecule has 1 fully saturated rings. The quantitative estimate of drug-likeness (QED) is 0.406. The normalized spacial score (nSPS) is 18.0. The van der Waals surface area contributed by atoms with Crippen LogP contribution in [0.25, 0.3) is 22.2 Å². The summed E-state index contributed by atoms with van der Waals surface area (Å²) in [6, 6.07) is 4.86. The van der Waals surface area contributed by atoms with E-state index >= 15 is 0 Å². The van der Waals surface area contributed by atoms with Crippen molar-refractivity contribution < 1.29 is 22.7 Å². The number of fused-ring (bicyclic) bond motifs is 1. The fourth-order valence-corrected chi connectivity index (χ4v) is 3.98. The maximum Gasteiger partial charge on any atom is 0.419 e. The Kier molecular flexibility index (Phi) is 6.39. The van der Waals surface area contributed by atoms with E-state index in [4.69, 9.17) is 4.74 Å². The molecule has 1 amide bonds. The van der Waals surface area contributed by atoms with Gasteiger partial charge in [0.1, 0.15) is 5.56 Å². The zero-order chi connectivity index (χ0) is 24.5. The molecule has 3 heterocycles. The smallest absolute Gasteiger partial charge is 0.419 e.